The summed E-state index contributed by atoms with van der Waals surface area (Å²) in [5, 5.41) is 3.48. The van der Waals surface area contributed by atoms with Gasteiger partial charge < -0.3 is 10.1 Å². The van der Waals surface area contributed by atoms with Crippen LogP contribution in [-0.4, -0.2) is 27.6 Å². The van der Waals surface area contributed by atoms with Crippen LogP contribution in [0.5, 0.6) is 5.75 Å². The van der Waals surface area contributed by atoms with E-state index in [0.717, 1.165) is 42.7 Å². The van der Waals surface area contributed by atoms with Gasteiger partial charge in [0.2, 0.25) is 10.0 Å². The maximum Gasteiger partial charge on any atom is 0.240 e. The number of benzene rings is 2. The summed E-state index contributed by atoms with van der Waals surface area (Å²) in [7, 11) is -1.90. The zero-order valence-corrected chi connectivity index (χ0v) is 16.1. The van der Waals surface area contributed by atoms with Gasteiger partial charge in [0.05, 0.1) is 17.7 Å². The highest BCUT2D eigenvalue weighted by Crippen LogP contribution is 2.29. The van der Waals surface area contributed by atoms with Crippen molar-refractivity contribution < 1.29 is 13.2 Å². The Labute approximate surface area is 155 Å². The van der Waals surface area contributed by atoms with Gasteiger partial charge in [-0.3, -0.25) is 0 Å². The van der Waals surface area contributed by atoms with E-state index in [2.05, 4.69) is 10.0 Å². The summed E-state index contributed by atoms with van der Waals surface area (Å²) in [6.45, 7) is 1.94. The lowest BCUT2D eigenvalue weighted by Crippen LogP contribution is -2.48. The average Bonchev–Trinajstić information content (AvgIpc) is 2.64. The van der Waals surface area contributed by atoms with Crippen LogP contribution in [0.15, 0.2) is 53.4 Å². The normalized spacial score (nSPS) is 20.5. The predicted molar refractivity (Wildman–Crippen MR) is 104 cm³/mol. The number of ether oxygens (including phenoxy) is 1. The number of rotatable bonds is 6. The van der Waals surface area contributed by atoms with Crippen molar-refractivity contribution in [3.63, 3.8) is 0 Å². The molecule has 0 aromatic heterocycles. The van der Waals surface area contributed by atoms with Crippen molar-refractivity contribution >= 4 is 15.7 Å². The monoisotopic (exact) mass is 374 g/mol. The smallest absolute Gasteiger partial charge is 0.240 e. The summed E-state index contributed by atoms with van der Waals surface area (Å²) in [5.41, 5.74) is 1.93. The molecule has 2 atom stereocenters. The molecule has 0 saturated heterocycles. The third-order valence-electron chi connectivity index (χ3n) is 4.85. The first-order valence-corrected chi connectivity index (χ1v) is 10.5. The van der Waals surface area contributed by atoms with Gasteiger partial charge in [0.15, 0.2) is 0 Å². The van der Waals surface area contributed by atoms with Gasteiger partial charge in [-0.15, -0.1) is 0 Å². The minimum absolute atomic E-state index is 0.0280. The van der Waals surface area contributed by atoms with Gasteiger partial charge in [-0.1, -0.05) is 42.7 Å². The summed E-state index contributed by atoms with van der Waals surface area (Å²) in [4.78, 5) is 0.310. The molecule has 2 aromatic carbocycles. The van der Waals surface area contributed by atoms with E-state index in [1.807, 2.05) is 43.3 Å². The van der Waals surface area contributed by atoms with E-state index < -0.39 is 10.0 Å². The van der Waals surface area contributed by atoms with Crippen LogP contribution in [-0.2, 0) is 10.0 Å². The van der Waals surface area contributed by atoms with E-state index in [1.54, 1.807) is 19.2 Å². The molecular weight excluding hydrogens is 348 g/mol. The second-order valence-corrected chi connectivity index (χ2v) is 8.49. The number of methoxy groups -OCH3 is 1. The number of anilines is 1. The molecule has 26 heavy (non-hydrogen) atoms. The van der Waals surface area contributed by atoms with Crippen LogP contribution >= 0.6 is 0 Å². The molecule has 0 bridgehead atoms. The lowest BCUT2D eigenvalue weighted by Gasteiger charge is -2.33. The number of hydrogen-bond acceptors (Lipinski definition) is 4. The fraction of sp³-hybridized carbons (Fsp3) is 0.400. The van der Waals surface area contributed by atoms with Crippen LogP contribution in [0.1, 0.15) is 31.2 Å². The predicted octanol–water partition coefficient (Wildman–Crippen LogP) is 3.71. The van der Waals surface area contributed by atoms with E-state index in [9.17, 15) is 8.42 Å². The largest absolute Gasteiger partial charge is 0.495 e. The number of sulfonamides is 1. The fourth-order valence-electron chi connectivity index (χ4n) is 3.39. The van der Waals surface area contributed by atoms with Gasteiger partial charge in [0, 0.05) is 12.1 Å². The molecule has 2 N–H and O–H groups in total. The van der Waals surface area contributed by atoms with Crippen LogP contribution in [0.2, 0.25) is 0 Å². The van der Waals surface area contributed by atoms with E-state index >= 15 is 0 Å². The molecule has 1 saturated carbocycles. The van der Waals surface area contributed by atoms with E-state index in [4.69, 9.17) is 4.74 Å². The van der Waals surface area contributed by atoms with E-state index in [1.165, 1.54) is 0 Å². The minimum Gasteiger partial charge on any atom is -0.495 e. The molecular formula is C20H26N2O3S. The highest BCUT2D eigenvalue weighted by Gasteiger charge is 2.30. The zero-order valence-electron chi connectivity index (χ0n) is 15.2. The summed E-state index contributed by atoms with van der Waals surface area (Å²) in [6.07, 6.45) is 3.83. The third kappa shape index (κ3) is 4.37. The molecule has 0 radical (unpaired) electrons. The number of hydrogen-bond donors (Lipinski definition) is 2. The Morgan fingerprint density at radius 2 is 1.62 bits per heavy atom. The Balaban J connectivity index is 1.77. The Hall–Kier alpha value is -2.05. The van der Waals surface area contributed by atoms with Crippen LogP contribution < -0.4 is 14.8 Å². The maximum absolute atomic E-state index is 12.8. The molecule has 0 amide bonds. The molecule has 1 aliphatic carbocycles. The van der Waals surface area contributed by atoms with Crippen LogP contribution in [0.25, 0.3) is 0 Å². The molecule has 0 heterocycles. The van der Waals surface area contributed by atoms with E-state index in [0.29, 0.717) is 4.90 Å². The first kappa shape index (κ1) is 18.7. The van der Waals surface area contributed by atoms with Crippen LogP contribution in [0.4, 0.5) is 5.69 Å². The molecule has 3 rings (SSSR count). The lowest BCUT2D eigenvalue weighted by atomic mass is 9.91. The van der Waals surface area contributed by atoms with Crippen LogP contribution in [0, 0.1) is 6.92 Å². The Bertz CT molecular complexity index is 834. The maximum atomic E-state index is 12.8. The van der Waals surface area contributed by atoms with Gasteiger partial charge in [0.1, 0.15) is 5.75 Å². The van der Waals surface area contributed by atoms with Gasteiger partial charge in [-0.2, -0.15) is 0 Å². The summed E-state index contributed by atoms with van der Waals surface area (Å²) in [6, 6.07) is 14.5. The SMILES string of the molecule is COc1ccccc1NC1CCCCC1NS(=O)(=O)c1ccc(C)cc1. The fourth-order valence-corrected chi connectivity index (χ4v) is 4.70. The second-order valence-electron chi connectivity index (χ2n) is 6.78. The highest BCUT2D eigenvalue weighted by molar-refractivity contribution is 7.89. The summed E-state index contributed by atoms with van der Waals surface area (Å²) in [5.74, 6) is 0.762. The minimum atomic E-state index is -3.54. The van der Waals surface area contributed by atoms with Gasteiger partial charge >= 0.3 is 0 Å². The number of aryl methyl sites for hydroxylation is 1. The number of nitrogens with one attached hydrogen (secondary N) is 2. The lowest BCUT2D eigenvalue weighted by molar-refractivity contribution is 0.375. The second kappa shape index (κ2) is 8.10. The highest BCUT2D eigenvalue weighted by atomic mass is 32.2. The summed E-state index contributed by atoms with van der Waals surface area (Å²) >= 11 is 0. The van der Waals surface area contributed by atoms with Crippen molar-refractivity contribution in [2.24, 2.45) is 0 Å². The molecule has 5 nitrogen and oxygen atoms in total. The summed E-state index contributed by atoms with van der Waals surface area (Å²) < 4.78 is 33.8. The van der Waals surface area contributed by atoms with Crippen molar-refractivity contribution in [1.29, 1.82) is 0 Å². The Morgan fingerprint density at radius 3 is 2.31 bits per heavy atom. The quantitative estimate of drug-likeness (QED) is 0.809. The molecule has 1 fully saturated rings. The van der Waals surface area contributed by atoms with Crippen molar-refractivity contribution in [3.8, 4) is 5.75 Å². The Morgan fingerprint density at radius 1 is 0.962 bits per heavy atom. The first-order valence-electron chi connectivity index (χ1n) is 8.98. The standard InChI is InChI=1S/C20H26N2O3S/c1-15-11-13-16(14-12-15)26(23,24)22-18-8-4-3-7-17(18)21-19-9-5-6-10-20(19)25-2/h5-6,9-14,17-18,21-22H,3-4,7-8H2,1-2H3. The Kier molecular flexibility index (Phi) is 5.84. The topological polar surface area (TPSA) is 67.4 Å². The van der Waals surface area contributed by atoms with Crippen molar-refractivity contribution in [1.82, 2.24) is 4.72 Å². The van der Waals surface area contributed by atoms with Crippen LogP contribution in [0.3, 0.4) is 0 Å². The average molecular weight is 375 g/mol. The molecule has 1 aliphatic rings. The molecule has 6 heteroatoms. The number of para-hydroxylation sites is 2. The van der Waals surface area contributed by atoms with Gasteiger partial charge in [-0.05, 0) is 44.0 Å². The van der Waals surface area contributed by atoms with Crippen molar-refractivity contribution in [2.45, 2.75) is 49.6 Å². The molecule has 140 valence electrons. The molecule has 2 unspecified atom stereocenters. The van der Waals surface area contributed by atoms with Crippen molar-refractivity contribution in [3.05, 3.63) is 54.1 Å². The molecule has 0 spiro atoms. The first-order chi connectivity index (χ1) is 12.5. The van der Waals surface area contributed by atoms with Crippen molar-refractivity contribution in [2.75, 3.05) is 12.4 Å². The third-order valence-corrected chi connectivity index (χ3v) is 6.36. The van der Waals surface area contributed by atoms with Gasteiger partial charge in [-0.25, -0.2) is 13.1 Å². The van der Waals surface area contributed by atoms with E-state index in [-0.39, 0.29) is 12.1 Å². The molecule has 2 aromatic rings. The molecule has 0 aliphatic heterocycles. The zero-order chi connectivity index (χ0) is 18.6. The van der Waals surface area contributed by atoms with Gasteiger partial charge in [0.25, 0.3) is 0 Å².